The van der Waals surface area contributed by atoms with Crippen LogP contribution in [0.4, 0.5) is 4.79 Å². The number of nitrogens with one attached hydrogen (secondary N) is 2. The Kier molecular flexibility index (Phi) is 9.90. The molecule has 1 atom stereocenters. The molecule has 8 nitrogen and oxygen atoms in total. The van der Waals surface area contributed by atoms with Crippen LogP contribution in [-0.4, -0.2) is 33.4 Å². The number of carbonyl (C=O) groups is 3. The summed E-state index contributed by atoms with van der Waals surface area (Å²) >= 11 is 0. The molecule has 0 saturated heterocycles. The van der Waals surface area contributed by atoms with Crippen molar-refractivity contribution in [2.24, 2.45) is 0 Å². The van der Waals surface area contributed by atoms with E-state index in [4.69, 9.17) is 14.5 Å². The molecule has 1 amide bonds. The molecule has 0 fully saturated rings. The highest BCUT2D eigenvalue weighted by molar-refractivity contribution is 6.10. The van der Waals surface area contributed by atoms with Gasteiger partial charge in [-0.15, -0.1) is 0 Å². The van der Waals surface area contributed by atoms with Crippen LogP contribution >= 0.6 is 0 Å². The number of hydrogen-bond donors (Lipinski definition) is 2. The first-order chi connectivity index (χ1) is 19.7. The van der Waals surface area contributed by atoms with Crippen LogP contribution in [0.25, 0.3) is 11.0 Å². The first-order valence-corrected chi connectivity index (χ1v) is 14.0. The minimum atomic E-state index is -0.644. The number of aromatic amines is 1. The van der Waals surface area contributed by atoms with Crippen LogP contribution in [0, 0.1) is 0 Å². The molecule has 0 spiro atoms. The van der Waals surface area contributed by atoms with E-state index < -0.39 is 17.7 Å². The van der Waals surface area contributed by atoms with Gasteiger partial charge in [0.1, 0.15) is 18.0 Å². The van der Waals surface area contributed by atoms with Gasteiger partial charge in [0.15, 0.2) is 5.78 Å². The summed E-state index contributed by atoms with van der Waals surface area (Å²) in [5, 5.41) is 2.94. The molecule has 2 N–H and O–H groups in total. The molecule has 0 aliphatic carbocycles. The molecule has 4 aromatic rings. The van der Waals surface area contributed by atoms with Crippen molar-refractivity contribution in [1.29, 1.82) is 0 Å². The van der Waals surface area contributed by atoms with Crippen LogP contribution in [0.3, 0.4) is 0 Å². The Morgan fingerprint density at radius 3 is 2.29 bits per heavy atom. The zero-order valence-electron chi connectivity index (χ0n) is 23.8. The van der Waals surface area contributed by atoms with E-state index >= 15 is 0 Å². The average molecular weight is 556 g/mol. The third-order valence-electron chi connectivity index (χ3n) is 6.44. The number of benzene rings is 3. The first-order valence-electron chi connectivity index (χ1n) is 14.0. The highest BCUT2D eigenvalue weighted by Gasteiger charge is 2.23. The van der Waals surface area contributed by atoms with Gasteiger partial charge in [-0.3, -0.25) is 9.59 Å². The van der Waals surface area contributed by atoms with E-state index in [9.17, 15) is 14.4 Å². The highest BCUT2D eigenvalue weighted by atomic mass is 16.6. The van der Waals surface area contributed by atoms with Crippen molar-refractivity contribution >= 4 is 28.9 Å². The fourth-order valence-electron chi connectivity index (χ4n) is 4.42. The number of ketones is 1. The lowest BCUT2D eigenvalue weighted by atomic mass is 10.0. The summed E-state index contributed by atoms with van der Waals surface area (Å²) in [6.07, 6.45) is 2.60. The second-order valence-electron chi connectivity index (χ2n) is 11.0. The molecule has 0 radical (unpaired) electrons. The number of hydrogen-bond acceptors (Lipinski definition) is 6. The summed E-state index contributed by atoms with van der Waals surface area (Å²) in [7, 11) is 0. The van der Waals surface area contributed by atoms with Gasteiger partial charge in [-0.05, 0) is 57.4 Å². The minimum Gasteiger partial charge on any atom is -0.461 e. The number of imidazole rings is 1. The van der Waals surface area contributed by atoms with Crippen molar-refractivity contribution in [3.8, 4) is 0 Å². The number of ether oxygens (including phenoxy) is 2. The van der Waals surface area contributed by atoms with Crippen LogP contribution in [0.2, 0.25) is 0 Å². The van der Waals surface area contributed by atoms with Gasteiger partial charge in [0, 0.05) is 17.5 Å². The largest absolute Gasteiger partial charge is 0.461 e. The summed E-state index contributed by atoms with van der Waals surface area (Å²) in [5.41, 5.74) is 2.88. The van der Waals surface area contributed by atoms with E-state index in [2.05, 4.69) is 10.3 Å². The topological polar surface area (TPSA) is 110 Å². The van der Waals surface area contributed by atoms with Crippen LogP contribution < -0.4 is 5.32 Å². The number of amides is 1. The van der Waals surface area contributed by atoms with Crippen molar-refractivity contribution in [3.63, 3.8) is 0 Å². The number of H-pyrrole nitrogens is 1. The molecular formula is C33H37N3O5. The number of carbonyl (C=O) groups excluding carboxylic acids is 3. The summed E-state index contributed by atoms with van der Waals surface area (Å²) < 4.78 is 10.8. The zero-order valence-corrected chi connectivity index (χ0v) is 23.8. The van der Waals surface area contributed by atoms with Crippen molar-refractivity contribution in [3.05, 3.63) is 101 Å². The van der Waals surface area contributed by atoms with Crippen molar-refractivity contribution in [2.75, 3.05) is 0 Å². The normalized spacial score (nSPS) is 12.1. The predicted octanol–water partition coefficient (Wildman–Crippen LogP) is 7.05. The summed E-state index contributed by atoms with van der Waals surface area (Å²) in [6, 6.07) is 23.6. The number of nitrogens with zero attached hydrogens (tertiary/aromatic N) is 1. The fourth-order valence-corrected chi connectivity index (χ4v) is 4.42. The Morgan fingerprint density at radius 2 is 1.59 bits per heavy atom. The van der Waals surface area contributed by atoms with Gasteiger partial charge < -0.3 is 19.8 Å². The SMILES string of the molecule is CC(C)(C)OC(=O)N[C@@H](CCCCCC(=O)OCc1ccccc1)c1nc2ccc(C(=O)c3ccccc3)cc2[nH]1. The molecule has 214 valence electrons. The number of unbranched alkanes of at least 4 members (excludes halogenated alkanes) is 2. The fraction of sp³-hybridized carbons (Fsp3) is 0.333. The molecule has 1 aromatic heterocycles. The third kappa shape index (κ3) is 9.03. The maximum absolute atomic E-state index is 12.9. The molecule has 41 heavy (non-hydrogen) atoms. The third-order valence-corrected chi connectivity index (χ3v) is 6.44. The summed E-state index contributed by atoms with van der Waals surface area (Å²) in [5.74, 6) is 0.280. The maximum atomic E-state index is 12.9. The lowest BCUT2D eigenvalue weighted by Gasteiger charge is -2.23. The van der Waals surface area contributed by atoms with E-state index in [-0.39, 0.29) is 18.4 Å². The number of rotatable bonds is 12. The van der Waals surface area contributed by atoms with Gasteiger partial charge >= 0.3 is 12.1 Å². The average Bonchev–Trinajstić information content (AvgIpc) is 3.38. The number of aromatic nitrogens is 2. The number of alkyl carbamates (subject to hydrolysis) is 1. The molecule has 0 bridgehead atoms. The van der Waals surface area contributed by atoms with E-state index in [0.717, 1.165) is 18.4 Å². The molecule has 0 unspecified atom stereocenters. The van der Waals surface area contributed by atoms with Crippen molar-refractivity contribution < 1.29 is 23.9 Å². The van der Waals surface area contributed by atoms with Gasteiger partial charge in [0.25, 0.3) is 0 Å². The summed E-state index contributed by atoms with van der Waals surface area (Å²) in [4.78, 5) is 45.7. The van der Waals surface area contributed by atoms with Crippen molar-refractivity contribution in [1.82, 2.24) is 15.3 Å². The Balaban J connectivity index is 1.38. The highest BCUT2D eigenvalue weighted by Crippen LogP contribution is 2.24. The van der Waals surface area contributed by atoms with Gasteiger partial charge in [-0.2, -0.15) is 0 Å². The predicted molar refractivity (Wildman–Crippen MR) is 157 cm³/mol. The van der Waals surface area contributed by atoms with Crippen molar-refractivity contribution in [2.45, 2.75) is 71.1 Å². The van der Waals surface area contributed by atoms with Crippen LogP contribution in [0.15, 0.2) is 78.9 Å². The second kappa shape index (κ2) is 13.7. The Hall–Kier alpha value is -4.46. The van der Waals surface area contributed by atoms with Gasteiger partial charge in [-0.25, -0.2) is 9.78 Å². The summed E-state index contributed by atoms with van der Waals surface area (Å²) in [6.45, 7) is 5.70. The first kappa shape index (κ1) is 29.5. The lowest BCUT2D eigenvalue weighted by molar-refractivity contribution is -0.145. The Morgan fingerprint density at radius 1 is 0.878 bits per heavy atom. The van der Waals surface area contributed by atoms with Crippen LogP contribution in [0.5, 0.6) is 0 Å². The molecule has 4 rings (SSSR count). The number of esters is 1. The molecule has 0 saturated carbocycles. The minimum absolute atomic E-state index is 0.0747. The van der Waals surface area contributed by atoms with Gasteiger partial charge in [0.2, 0.25) is 0 Å². The Labute approximate surface area is 240 Å². The molecular weight excluding hydrogens is 518 g/mol. The monoisotopic (exact) mass is 555 g/mol. The maximum Gasteiger partial charge on any atom is 0.408 e. The molecule has 0 aliphatic rings. The lowest BCUT2D eigenvalue weighted by Crippen LogP contribution is -2.35. The van der Waals surface area contributed by atoms with Gasteiger partial charge in [0.05, 0.1) is 17.1 Å². The Bertz CT molecular complexity index is 1460. The molecule has 8 heteroatoms. The number of fused-ring (bicyclic) bond motifs is 1. The quantitative estimate of drug-likeness (QED) is 0.110. The molecule has 3 aromatic carbocycles. The second-order valence-corrected chi connectivity index (χ2v) is 11.0. The molecule has 1 heterocycles. The van der Waals surface area contributed by atoms with E-state index in [1.165, 1.54) is 0 Å². The van der Waals surface area contributed by atoms with Gasteiger partial charge in [-0.1, -0.05) is 73.5 Å². The standard InChI is InChI=1S/C33H37N3O5/c1-33(2,3)41-32(39)36-27(17-11-6-12-18-29(37)40-22-23-13-7-4-8-14-23)31-34-26-20-19-25(21-28(26)35-31)30(38)24-15-9-5-10-16-24/h4-5,7-10,13-16,19-21,27H,6,11-12,17-18,22H2,1-3H3,(H,34,35)(H,36,39)/t27-/m0/s1. The van der Waals surface area contributed by atoms with E-state index in [1.54, 1.807) is 30.3 Å². The smallest absolute Gasteiger partial charge is 0.408 e. The molecule has 0 aliphatic heterocycles. The van der Waals surface area contributed by atoms with E-state index in [0.29, 0.717) is 47.2 Å². The van der Waals surface area contributed by atoms with E-state index in [1.807, 2.05) is 69.3 Å². The van der Waals surface area contributed by atoms with Crippen LogP contribution in [-0.2, 0) is 20.9 Å². The van der Waals surface area contributed by atoms with Crippen LogP contribution in [0.1, 0.15) is 86.2 Å². The zero-order chi connectivity index (χ0) is 29.2.